The molecule has 0 unspecified atom stereocenters. The molecule has 3 aromatic rings. The molecular formula is C15H16N4. The third-order valence-electron chi connectivity index (χ3n) is 3.18. The third kappa shape index (κ3) is 2.34. The summed E-state index contributed by atoms with van der Waals surface area (Å²) in [6.45, 7) is 2.17. The molecule has 0 bridgehead atoms. The summed E-state index contributed by atoms with van der Waals surface area (Å²) in [5, 5.41) is 8.33. The lowest BCUT2D eigenvalue weighted by atomic mass is 10.1. The fraction of sp³-hybridized carbons (Fsp3) is 0.267. The third-order valence-corrected chi connectivity index (χ3v) is 3.18. The van der Waals surface area contributed by atoms with Gasteiger partial charge in [-0.05, 0) is 6.42 Å². The number of hydrogen-bond acceptors (Lipinski definition) is 3. The van der Waals surface area contributed by atoms with Gasteiger partial charge in [0.1, 0.15) is 5.82 Å². The molecule has 1 aromatic carbocycles. The van der Waals surface area contributed by atoms with E-state index in [4.69, 9.17) is 0 Å². The predicted octanol–water partition coefficient (Wildman–Crippen LogP) is 3.36. The number of nitrogens with one attached hydrogen (secondary N) is 1. The van der Waals surface area contributed by atoms with E-state index in [1.54, 1.807) is 0 Å². The van der Waals surface area contributed by atoms with Crippen molar-refractivity contribution in [3.8, 4) is 11.3 Å². The van der Waals surface area contributed by atoms with Crippen molar-refractivity contribution in [2.75, 3.05) is 0 Å². The summed E-state index contributed by atoms with van der Waals surface area (Å²) in [7, 11) is 0. The number of aryl methyl sites for hydroxylation is 1. The molecule has 0 amide bonds. The van der Waals surface area contributed by atoms with Gasteiger partial charge in [0.25, 0.3) is 0 Å². The van der Waals surface area contributed by atoms with Gasteiger partial charge in [-0.25, -0.2) is 9.97 Å². The molecule has 0 saturated heterocycles. The Balaban J connectivity index is 2.00. The highest BCUT2D eigenvalue weighted by Crippen LogP contribution is 2.24. The zero-order chi connectivity index (χ0) is 13.1. The van der Waals surface area contributed by atoms with Gasteiger partial charge in [0, 0.05) is 18.2 Å². The summed E-state index contributed by atoms with van der Waals surface area (Å²) < 4.78 is 0. The van der Waals surface area contributed by atoms with E-state index in [9.17, 15) is 0 Å². The first-order chi connectivity index (χ1) is 9.38. The fourth-order valence-electron chi connectivity index (χ4n) is 2.12. The molecule has 19 heavy (non-hydrogen) atoms. The standard InChI is InChI=1S/C15H16N4/c1-2-3-9-13-16-10-12-14(18-19-15(12)17-13)11-7-5-4-6-8-11/h4-8,10H,2-3,9H2,1H3,(H,16,17,18,19). The summed E-state index contributed by atoms with van der Waals surface area (Å²) in [6.07, 6.45) is 5.05. The first kappa shape index (κ1) is 11.8. The summed E-state index contributed by atoms with van der Waals surface area (Å²) in [4.78, 5) is 8.94. The second-order valence-electron chi connectivity index (χ2n) is 4.59. The van der Waals surface area contributed by atoms with Crippen molar-refractivity contribution in [3.05, 3.63) is 42.4 Å². The highest BCUT2D eigenvalue weighted by atomic mass is 15.2. The molecule has 96 valence electrons. The van der Waals surface area contributed by atoms with Crippen LogP contribution in [-0.4, -0.2) is 20.2 Å². The van der Waals surface area contributed by atoms with Gasteiger partial charge in [0.15, 0.2) is 5.65 Å². The van der Waals surface area contributed by atoms with Gasteiger partial charge in [-0.2, -0.15) is 5.10 Å². The van der Waals surface area contributed by atoms with E-state index in [1.807, 2.05) is 24.4 Å². The smallest absolute Gasteiger partial charge is 0.184 e. The fourth-order valence-corrected chi connectivity index (χ4v) is 2.12. The molecule has 0 saturated carbocycles. The number of benzene rings is 1. The molecule has 2 heterocycles. The van der Waals surface area contributed by atoms with E-state index in [1.165, 1.54) is 0 Å². The average Bonchev–Trinajstić information content (AvgIpc) is 2.89. The van der Waals surface area contributed by atoms with Crippen molar-refractivity contribution in [3.63, 3.8) is 0 Å². The Labute approximate surface area is 111 Å². The van der Waals surface area contributed by atoms with Gasteiger partial charge in [-0.15, -0.1) is 0 Å². The van der Waals surface area contributed by atoms with Crippen molar-refractivity contribution in [2.24, 2.45) is 0 Å². The number of rotatable bonds is 4. The number of aromatic amines is 1. The zero-order valence-corrected chi connectivity index (χ0v) is 10.9. The second kappa shape index (κ2) is 5.18. The van der Waals surface area contributed by atoms with Crippen LogP contribution in [0.5, 0.6) is 0 Å². The van der Waals surface area contributed by atoms with Crippen molar-refractivity contribution in [1.29, 1.82) is 0 Å². The minimum Gasteiger partial charge on any atom is -0.275 e. The molecule has 3 rings (SSSR count). The van der Waals surface area contributed by atoms with Gasteiger partial charge in [0.2, 0.25) is 0 Å². The Hall–Kier alpha value is -2.23. The molecule has 0 radical (unpaired) electrons. The van der Waals surface area contributed by atoms with Crippen LogP contribution in [-0.2, 0) is 6.42 Å². The lowest BCUT2D eigenvalue weighted by Crippen LogP contribution is -1.94. The van der Waals surface area contributed by atoms with Crippen LogP contribution in [0.4, 0.5) is 0 Å². The van der Waals surface area contributed by atoms with Crippen LogP contribution in [0.3, 0.4) is 0 Å². The molecule has 4 heteroatoms. The molecule has 0 aliphatic rings. The van der Waals surface area contributed by atoms with E-state index >= 15 is 0 Å². The highest BCUT2D eigenvalue weighted by Gasteiger charge is 2.09. The van der Waals surface area contributed by atoms with Crippen molar-refractivity contribution in [2.45, 2.75) is 26.2 Å². The molecule has 4 nitrogen and oxygen atoms in total. The largest absolute Gasteiger partial charge is 0.275 e. The summed E-state index contributed by atoms with van der Waals surface area (Å²) in [6, 6.07) is 10.1. The maximum Gasteiger partial charge on any atom is 0.184 e. The van der Waals surface area contributed by atoms with Crippen LogP contribution in [0.25, 0.3) is 22.3 Å². The average molecular weight is 252 g/mol. The summed E-state index contributed by atoms with van der Waals surface area (Å²) in [5.41, 5.74) is 2.84. The number of aromatic nitrogens is 4. The molecule has 0 fully saturated rings. The van der Waals surface area contributed by atoms with Crippen LogP contribution in [0, 0.1) is 0 Å². The van der Waals surface area contributed by atoms with Crippen molar-refractivity contribution >= 4 is 11.0 Å². The molecule has 0 aliphatic carbocycles. The van der Waals surface area contributed by atoms with Gasteiger partial charge in [-0.1, -0.05) is 43.7 Å². The van der Waals surface area contributed by atoms with E-state index in [0.29, 0.717) is 0 Å². The lowest BCUT2D eigenvalue weighted by molar-refractivity contribution is 0.755. The van der Waals surface area contributed by atoms with Crippen LogP contribution >= 0.6 is 0 Å². The Morgan fingerprint density at radius 3 is 2.79 bits per heavy atom. The quantitative estimate of drug-likeness (QED) is 0.774. The number of fused-ring (bicyclic) bond motifs is 1. The summed E-state index contributed by atoms with van der Waals surface area (Å²) >= 11 is 0. The maximum absolute atomic E-state index is 4.51. The normalized spacial score (nSPS) is 11.0. The van der Waals surface area contributed by atoms with Gasteiger partial charge >= 0.3 is 0 Å². The van der Waals surface area contributed by atoms with Crippen LogP contribution < -0.4 is 0 Å². The monoisotopic (exact) mass is 252 g/mol. The van der Waals surface area contributed by atoms with Crippen molar-refractivity contribution in [1.82, 2.24) is 20.2 Å². The predicted molar refractivity (Wildman–Crippen MR) is 75.7 cm³/mol. The minimum atomic E-state index is 0.750. The van der Waals surface area contributed by atoms with Crippen molar-refractivity contribution < 1.29 is 0 Å². The van der Waals surface area contributed by atoms with Crippen LogP contribution in [0.1, 0.15) is 25.6 Å². The first-order valence-corrected chi connectivity index (χ1v) is 6.64. The number of nitrogens with zero attached hydrogens (tertiary/aromatic N) is 3. The van der Waals surface area contributed by atoms with Gasteiger partial charge in [-0.3, -0.25) is 5.10 Å². The molecule has 0 spiro atoms. The van der Waals surface area contributed by atoms with Gasteiger partial charge < -0.3 is 0 Å². The van der Waals surface area contributed by atoms with E-state index in [-0.39, 0.29) is 0 Å². The lowest BCUT2D eigenvalue weighted by Gasteiger charge is -1.99. The molecule has 1 N–H and O–H groups in total. The van der Waals surface area contributed by atoms with E-state index < -0.39 is 0 Å². The highest BCUT2D eigenvalue weighted by molar-refractivity contribution is 5.89. The number of hydrogen-bond donors (Lipinski definition) is 1. The Morgan fingerprint density at radius 2 is 2.00 bits per heavy atom. The topological polar surface area (TPSA) is 54.5 Å². The minimum absolute atomic E-state index is 0.750. The Kier molecular flexibility index (Phi) is 3.23. The molecule has 0 aliphatic heterocycles. The second-order valence-corrected chi connectivity index (χ2v) is 4.59. The van der Waals surface area contributed by atoms with E-state index in [0.717, 1.165) is 47.4 Å². The SMILES string of the molecule is CCCCc1ncc2c(-c3ccccc3)[nH]nc2n1. The zero-order valence-electron chi connectivity index (χ0n) is 10.9. The Morgan fingerprint density at radius 1 is 1.16 bits per heavy atom. The number of H-pyrrole nitrogens is 1. The maximum atomic E-state index is 4.51. The van der Waals surface area contributed by atoms with E-state index in [2.05, 4.69) is 39.2 Å². The van der Waals surface area contributed by atoms with Crippen LogP contribution in [0.2, 0.25) is 0 Å². The molecule has 0 atom stereocenters. The summed E-state index contributed by atoms with van der Waals surface area (Å²) in [5.74, 6) is 0.875. The molecule has 2 aromatic heterocycles. The Bertz CT molecular complexity index is 673. The van der Waals surface area contributed by atoms with Crippen LogP contribution in [0.15, 0.2) is 36.5 Å². The van der Waals surface area contributed by atoms with Gasteiger partial charge in [0.05, 0.1) is 11.1 Å². The molecular weight excluding hydrogens is 236 g/mol. The first-order valence-electron chi connectivity index (χ1n) is 6.64. The number of unbranched alkanes of at least 4 members (excludes halogenated alkanes) is 1.